The average Bonchev–Trinajstić information content (AvgIpc) is 3.11. The summed E-state index contributed by atoms with van der Waals surface area (Å²) >= 11 is 0. The molecule has 2 heterocycles. The summed E-state index contributed by atoms with van der Waals surface area (Å²) < 4.78 is 11.2. The molecule has 1 N–H and O–H groups in total. The van der Waals surface area contributed by atoms with E-state index in [1.165, 1.54) is 12.0 Å². The molecule has 26 heavy (non-hydrogen) atoms. The number of ether oxygens (including phenoxy) is 2. The summed E-state index contributed by atoms with van der Waals surface area (Å²) in [5, 5.41) is 3.00. The Morgan fingerprint density at radius 1 is 1.27 bits per heavy atom. The topological polar surface area (TPSA) is 60.5 Å². The van der Waals surface area contributed by atoms with Crippen LogP contribution in [0.3, 0.4) is 0 Å². The number of fused-ring (bicyclic) bond motifs is 1. The first-order valence-electron chi connectivity index (χ1n) is 9.24. The number of benzene rings is 1. The van der Waals surface area contributed by atoms with Crippen LogP contribution in [-0.4, -0.2) is 36.8 Å². The van der Waals surface area contributed by atoms with E-state index in [4.69, 9.17) is 9.47 Å². The van der Waals surface area contributed by atoms with Crippen molar-refractivity contribution in [1.29, 1.82) is 0 Å². The smallest absolute Gasteiger partial charge is 0.252 e. The maximum absolute atomic E-state index is 12.5. The van der Waals surface area contributed by atoms with Gasteiger partial charge in [0.15, 0.2) is 0 Å². The average molecular weight is 352 g/mol. The van der Waals surface area contributed by atoms with Gasteiger partial charge in [0.05, 0.1) is 17.8 Å². The van der Waals surface area contributed by atoms with Gasteiger partial charge in [0.25, 0.3) is 5.91 Å². The zero-order chi connectivity index (χ0) is 18.0. The third-order valence-corrected chi connectivity index (χ3v) is 5.59. The van der Waals surface area contributed by atoms with Crippen LogP contribution in [0.15, 0.2) is 36.7 Å². The molecule has 136 valence electrons. The van der Waals surface area contributed by atoms with E-state index < -0.39 is 0 Å². The fourth-order valence-corrected chi connectivity index (χ4v) is 3.72. The van der Waals surface area contributed by atoms with E-state index in [-0.39, 0.29) is 11.5 Å². The van der Waals surface area contributed by atoms with E-state index in [1.807, 2.05) is 18.2 Å². The van der Waals surface area contributed by atoms with E-state index in [0.717, 1.165) is 49.2 Å². The van der Waals surface area contributed by atoms with Gasteiger partial charge < -0.3 is 14.8 Å². The molecule has 1 aliphatic carbocycles. The Labute approximate surface area is 153 Å². The molecule has 2 aliphatic rings. The minimum absolute atomic E-state index is 0.0279. The van der Waals surface area contributed by atoms with Crippen LogP contribution in [0.4, 0.5) is 0 Å². The molecule has 1 fully saturated rings. The SMILES string of the molecule is COC1(CCNC(=O)c2cncc(-c3ccc4c(c3)CCO4)c2)CCC1. The van der Waals surface area contributed by atoms with Crippen molar-refractivity contribution < 1.29 is 14.3 Å². The Bertz CT molecular complexity index is 809. The normalized spacial score (nSPS) is 17.1. The van der Waals surface area contributed by atoms with Crippen LogP contribution < -0.4 is 10.1 Å². The molecular weight excluding hydrogens is 328 g/mol. The molecule has 0 bridgehead atoms. The van der Waals surface area contributed by atoms with Gasteiger partial charge in [0, 0.05) is 38.0 Å². The van der Waals surface area contributed by atoms with E-state index in [9.17, 15) is 4.79 Å². The maximum atomic E-state index is 12.5. The number of aromatic nitrogens is 1. The second kappa shape index (κ2) is 7.08. The molecule has 1 aliphatic heterocycles. The lowest BCUT2D eigenvalue weighted by atomic mass is 9.77. The number of carbonyl (C=O) groups excluding carboxylic acids is 1. The Kier molecular flexibility index (Phi) is 4.64. The van der Waals surface area contributed by atoms with Crippen LogP contribution in [0.1, 0.15) is 41.6 Å². The quantitative estimate of drug-likeness (QED) is 0.866. The summed E-state index contributed by atoms with van der Waals surface area (Å²) in [6.07, 6.45) is 8.56. The van der Waals surface area contributed by atoms with E-state index >= 15 is 0 Å². The molecule has 1 saturated carbocycles. The van der Waals surface area contributed by atoms with Crippen LogP contribution in [0.25, 0.3) is 11.1 Å². The first-order chi connectivity index (χ1) is 12.7. The molecule has 5 heteroatoms. The molecule has 1 aromatic carbocycles. The van der Waals surface area contributed by atoms with E-state index in [1.54, 1.807) is 19.5 Å². The predicted molar refractivity (Wildman–Crippen MR) is 99.4 cm³/mol. The summed E-state index contributed by atoms with van der Waals surface area (Å²) in [4.78, 5) is 16.7. The van der Waals surface area contributed by atoms with Crippen LogP contribution >= 0.6 is 0 Å². The minimum Gasteiger partial charge on any atom is -0.493 e. The molecule has 1 amide bonds. The number of pyridine rings is 1. The summed E-state index contributed by atoms with van der Waals surface area (Å²) in [6.45, 7) is 1.36. The molecule has 0 spiro atoms. The van der Waals surface area contributed by atoms with Gasteiger partial charge >= 0.3 is 0 Å². The molecule has 0 unspecified atom stereocenters. The summed E-state index contributed by atoms with van der Waals surface area (Å²) in [5.41, 5.74) is 3.77. The Morgan fingerprint density at radius 3 is 2.92 bits per heavy atom. The molecule has 4 rings (SSSR count). The number of rotatable bonds is 6. The molecule has 2 aromatic rings. The number of amides is 1. The fourth-order valence-electron chi connectivity index (χ4n) is 3.72. The van der Waals surface area contributed by atoms with Gasteiger partial charge in [-0.25, -0.2) is 0 Å². The van der Waals surface area contributed by atoms with Gasteiger partial charge in [-0.15, -0.1) is 0 Å². The van der Waals surface area contributed by atoms with Gasteiger partial charge in [-0.2, -0.15) is 0 Å². The first-order valence-corrected chi connectivity index (χ1v) is 9.24. The molecule has 5 nitrogen and oxygen atoms in total. The highest BCUT2D eigenvalue weighted by atomic mass is 16.5. The largest absolute Gasteiger partial charge is 0.493 e. The van der Waals surface area contributed by atoms with Gasteiger partial charge in [-0.1, -0.05) is 6.07 Å². The van der Waals surface area contributed by atoms with Crippen LogP contribution in [0, 0.1) is 0 Å². The standard InChI is InChI=1S/C21H24N2O3/c1-25-21(6-2-7-21)8-9-23-20(24)18-12-17(13-22-14-18)15-3-4-19-16(11-15)5-10-26-19/h3-4,11-14H,2,5-10H2,1H3,(H,23,24). The highest BCUT2D eigenvalue weighted by Crippen LogP contribution is 2.37. The predicted octanol–water partition coefficient (Wildman–Crippen LogP) is 3.37. The first kappa shape index (κ1) is 17.0. The molecule has 0 saturated heterocycles. The Balaban J connectivity index is 1.43. The minimum atomic E-state index is -0.0885. The van der Waals surface area contributed by atoms with Crippen molar-refractivity contribution in [1.82, 2.24) is 10.3 Å². The van der Waals surface area contributed by atoms with E-state index in [0.29, 0.717) is 12.1 Å². The molecule has 0 atom stereocenters. The van der Waals surface area contributed by atoms with Crippen LogP contribution in [0.2, 0.25) is 0 Å². The Hall–Kier alpha value is -2.40. The van der Waals surface area contributed by atoms with Crippen LogP contribution in [-0.2, 0) is 11.2 Å². The molecule has 0 radical (unpaired) electrons. The maximum Gasteiger partial charge on any atom is 0.252 e. The van der Waals surface area contributed by atoms with Gasteiger partial charge in [-0.3, -0.25) is 9.78 Å². The third-order valence-electron chi connectivity index (χ3n) is 5.59. The monoisotopic (exact) mass is 352 g/mol. The molecule has 1 aromatic heterocycles. The van der Waals surface area contributed by atoms with E-state index in [2.05, 4.69) is 16.4 Å². The van der Waals surface area contributed by atoms with Crippen molar-refractivity contribution >= 4 is 5.91 Å². The van der Waals surface area contributed by atoms with Crippen LogP contribution in [0.5, 0.6) is 5.75 Å². The highest BCUT2D eigenvalue weighted by molar-refractivity contribution is 5.95. The second-order valence-electron chi connectivity index (χ2n) is 7.13. The third kappa shape index (κ3) is 3.31. The lowest BCUT2D eigenvalue weighted by Gasteiger charge is -2.40. The number of carbonyl (C=O) groups is 1. The summed E-state index contributed by atoms with van der Waals surface area (Å²) in [7, 11) is 1.76. The van der Waals surface area contributed by atoms with Crippen molar-refractivity contribution in [2.45, 2.75) is 37.7 Å². The second-order valence-corrected chi connectivity index (χ2v) is 7.13. The molecular formula is C21H24N2O3. The van der Waals surface area contributed by atoms with Gasteiger partial charge in [0.2, 0.25) is 0 Å². The zero-order valence-electron chi connectivity index (χ0n) is 15.1. The number of nitrogens with zero attached hydrogens (tertiary/aromatic N) is 1. The number of hydrogen-bond donors (Lipinski definition) is 1. The van der Waals surface area contributed by atoms with Crippen molar-refractivity contribution in [3.05, 3.63) is 47.8 Å². The lowest BCUT2D eigenvalue weighted by molar-refractivity contribution is -0.0764. The van der Waals surface area contributed by atoms with Crippen molar-refractivity contribution in [3.8, 4) is 16.9 Å². The number of hydrogen-bond acceptors (Lipinski definition) is 4. The van der Waals surface area contributed by atoms with Gasteiger partial charge in [0.1, 0.15) is 5.75 Å². The fraction of sp³-hybridized carbons (Fsp3) is 0.429. The lowest BCUT2D eigenvalue weighted by Crippen LogP contribution is -2.42. The summed E-state index contributed by atoms with van der Waals surface area (Å²) in [6, 6.07) is 8.03. The number of methoxy groups -OCH3 is 1. The number of nitrogens with one attached hydrogen (secondary N) is 1. The zero-order valence-corrected chi connectivity index (χ0v) is 15.1. The van der Waals surface area contributed by atoms with Crippen molar-refractivity contribution in [2.75, 3.05) is 20.3 Å². The van der Waals surface area contributed by atoms with Crippen molar-refractivity contribution in [2.24, 2.45) is 0 Å². The summed E-state index contributed by atoms with van der Waals surface area (Å²) in [5.74, 6) is 0.869. The highest BCUT2D eigenvalue weighted by Gasteiger charge is 2.36. The van der Waals surface area contributed by atoms with Crippen molar-refractivity contribution in [3.63, 3.8) is 0 Å². The van der Waals surface area contributed by atoms with Gasteiger partial charge in [-0.05, 0) is 55.0 Å². The Morgan fingerprint density at radius 2 is 2.15 bits per heavy atom.